The van der Waals surface area contributed by atoms with E-state index in [1.165, 1.54) is 6.42 Å². The van der Waals surface area contributed by atoms with Crippen LogP contribution >= 0.6 is 0 Å². The Morgan fingerprint density at radius 1 is 1.45 bits per heavy atom. The Morgan fingerprint density at radius 3 is 2.45 bits per heavy atom. The van der Waals surface area contributed by atoms with E-state index in [9.17, 15) is 0 Å². The summed E-state index contributed by atoms with van der Waals surface area (Å²) in [6.45, 7) is 11.5. The van der Waals surface area contributed by atoms with E-state index in [-0.39, 0.29) is 0 Å². The highest BCUT2D eigenvalue weighted by Gasteiger charge is 2.06. The van der Waals surface area contributed by atoms with Gasteiger partial charge in [-0.15, -0.1) is 6.58 Å². The van der Waals surface area contributed by atoms with Gasteiger partial charge in [0.25, 0.3) is 0 Å². The van der Waals surface area contributed by atoms with Crippen molar-refractivity contribution in [3.63, 3.8) is 0 Å². The molecule has 0 rings (SSSR count). The van der Waals surface area contributed by atoms with Gasteiger partial charge in [-0.1, -0.05) is 26.8 Å². The maximum absolute atomic E-state index is 3.75. The molecule has 0 saturated carbocycles. The standard InChI is InChI=1S/C10H21N/c1-5-7-10(11-6-2)8-9(3)4/h5,9-11H,1,6-8H2,2-4H3. The minimum Gasteiger partial charge on any atom is -0.314 e. The van der Waals surface area contributed by atoms with Crippen LogP contribution in [0.3, 0.4) is 0 Å². The topological polar surface area (TPSA) is 12.0 Å². The third kappa shape index (κ3) is 6.11. The molecule has 0 aromatic heterocycles. The number of nitrogens with one attached hydrogen (secondary N) is 1. The van der Waals surface area contributed by atoms with Crippen LogP contribution in [-0.4, -0.2) is 12.6 Å². The van der Waals surface area contributed by atoms with Crippen molar-refractivity contribution in [3.05, 3.63) is 12.7 Å². The summed E-state index contributed by atoms with van der Waals surface area (Å²) in [6.07, 6.45) is 4.33. The van der Waals surface area contributed by atoms with Crippen LogP contribution in [0.15, 0.2) is 12.7 Å². The fraction of sp³-hybridized carbons (Fsp3) is 0.800. The molecule has 0 saturated heterocycles. The third-order valence-corrected chi connectivity index (χ3v) is 1.70. The Kier molecular flexibility index (Phi) is 6.24. The second-order valence-electron chi connectivity index (χ2n) is 3.41. The highest BCUT2D eigenvalue weighted by atomic mass is 14.9. The van der Waals surface area contributed by atoms with Gasteiger partial charge in [-0.25, -0.2) is 0 Å². The van der Waals surface area contributed by atoms with Gasteiger partial charge in [-0.2, -0.15) is 0 Å². The summed E-state index contributed by atoms with van der Waals surface area (Å²) < 4.78 is 0. The van der Waals surface area contributed by atoms with Gasteiger partial charge in [-0.3, -0.25) is 0 Å². The van der Waals surface area contributed by atoms with Gasteiger partial charge in [-0.05, 0) is 25.3 Å². The summed E-state index contributed by atoms with van der Waals surface area (Å²) in [4.78, 5) is 0. The van der Waals surface area contributed by atoms with E-state index < -0.39 is 0 Å². The number of hydrogen-bond acceptors (Lipinski definition) is 1. The molecule has 1 atom stereocenters. The molecule has 1 heteroatoms. The van der Waals surface area contributed by atoms with Gasteiger partial charge in [0.15, 0.2) is 0 Å². The zero-order valence-electron chi connectivity index (χ0n) is 8.06. The molecule has 0 aromatic rings. The fourth-order valence-electron chi connectivity index (χ4n) is 1.32. The van der Waals surface area contributed by atoms with Gasteiger partial charge in [0.1, 0.15) is 0 Å². The Balaban J connectivity index is 3.58. The maximum atomic E-state index is 3.75. The summed E-state index contributed by atoms with van der Waals surface area (Å²) in [5, 5.41) is 3.44. The van der Waals surface area contributed by atoms with Gasteiger partial charge in [0.05, 0.1) is 0 Å². The highest BCUT2D eigenvalue weighted by Crippen LogP contribution is 2.07. The van der Waals surface area contributed by atoms with Gasteiger partial charge >= 0.3 is 0 Å². The average molecular weight is 155 g/mol. The van der Waals surface area contributed by atoms with Crippen molar-refractivity contribution in [1.82, 2.24) is 5.32 Å². The zero-order chi connectivity index (χ0) is 8.69. The lowest BCUT2D eigenvalue weighted by atomic mass is 10.0. The van der Waals surface area contributed by atoms with Crippen LogP contribution in [0.5, 0.6) is 0 Å². The molecule has 0 aliphatic carbocycles. The summed E-state index contributed by atoms with van der Waals surface area (Å²) in [5.74, 6) is 0.777. The number of rotatable bonds is 6. The second-order valence-corrected chi connectivity index (χ2v) is 3.41. The fourth-order valence-corrected chi connectivity index (χ4v) is 1.32. The molecular formula is C10H21N. The molecule has 66 valence electrons. The lowest BCUT2D eigenvalue weighted by molar-refractivity contribution is 0.429. The lowest BCUT2D eigenvalue weighted by Gasteiger charge is -2.17. The normalized spacial score (nSPS) is 13.5. The minimum atomic E-state index is 0.637. The quantitative estimate of drug-likeness (QED) is 0.581. The second kappa shape index (κ2) is 6.41. The van der Waals surface area contributed by atoms with E-state index >= 15 is 0 Å². The molecule has 1 unspecified atom stereocenters. The van der Waals surface area contributed by atoms with E-state index in [4.69, 9.17) is 0 Å². The van der Waals surface area contributed by atoms with Crippen molar-refractivity contribution in [2.75, 3.05) is 6.54 Å². The van der Waals surface area contributed by atoms with Crippen molar-refractivity contribution in [2.24, 2.45) is 5.92 Å². The van der Waals surface area contributed by atoms with Crippen molar-refractivity contribution in [3.8, 4) is 0 Å². The van der Waals surface area contributed by atoms with E-state index in [0.29, 0.717) is 6.04 Å². The first-order valence-corrected chi connectivity index (χ1v) is 4.55. The predicted molar refractivity (Wildman–Crippen MR) is 51.7 cm³/mol. The van der Waals surface area contributed by atoms with Crippen LogP contribution < -0.4 is 5.32 Å². The average Bonchev–Trinajstić information content (AvgIpc) is 1.87. The molecule has 0 bridgehead atoms. The zero-order valence-corrected chi connectivity index (χ0v) is 8.06. The van der Waals surface area contributed by atoms with Gasteiger partial charge < -0.3 is 5.32 Å². The first-order valence-electron chi connectivity index (χ1n) is 4.55. The first-order chi connectivity index (χ1) is 5.20. The molecule has 0 spiro atoms. The van der Waals surface area contributed by atoms with Crippen molar-refractivity contribution < 1.29 is 0 Å². The van der Waals surface area contributed by atoms with E-state index in [1.807, 2.05) is 6.08 Å². The Bertz CT molecular complexity index is 97.0. The van der Waals surface area contributed by atoms with E-state index in [0.717, 1.165) is 18.9 Å². The van der Waals surface area contributed by atoms with Crippen LogP contribution in [0, 0.1) is 5.92 Å². The Morgan fingerprint density at radius 2 is 2.09 bits per heavy atom. The maximum Gasteiger partial charge on any atom is 0.0104 e. The first kappa shape index (κ1) is 10.7. The lowest BCUT2D eigenvalue weighted by Crippen LogP contribution is -2.29. The van der Waals surface area contributed by atoms with Crippen molar-refractivity contribution in [1.29, 1.82) is 0 Å². The molecule has 1 nitrogen and oxygen atoms in total. The van der Waals surface area contributed by atoms with Crippen LogP contribution in [-0.2, 0) is 0 Å². The predicted octanol–water partition coefficient (Wildman–Crippen LogP) is 2.59. The molecule has 1 N–H and O–H groups in total. The van der Waals surface area contributed by atoms with Crippen LogP contribution in [0.25, 0.3) is 0 Å². The monoisotopic (exact) mass is 155 g/mol. The van der Waals surface area contributed by atoms with Crippen molar-refractivity contribution in [2.45, 2.75) is 39.7 Å². The van der Waals surface area contributed by atoms with Crippen LogP contribution in [0.4, 0.5) is 0 Å². The summed E-state index contributed by atoms with van der Waals surface area (Å²) in [7, 11) is 0. The molecule has 11 heavy (non-hydrogen) atoms. The molecule has 0 aromatic carbocycles. The minimum absolute atomic E-state index is 0.637. The van der Waals surface area contributed by atoms with Crippen LogP contribution in [0.2, 0.25) is 0 Å². The molecule has 0 amide bonds. The van der Waals surface area contributed by atoms with Crippen LogP contribution in [0.1, 0.15) is 33.6 Å². The molecule has 0 heterocycles. The largest absolute Gasteiger partial charge is 0.314 e. The summed E-state index contributed by atoms with van der Waals surface area (Å²) in [5.41, 5.74) is 0. The molecule has 0 radical (unpaired) electrons. The van der Waals surface area contributed by atoms with E-state index in [2.05, 4.69) is 32.7 Å². The molecule has 0 fully saturated rings. The molecule has 0 aliphatic rings. The highest BCUT2D eigenvalue weighted by molar-refractivity contribution is 4.78. The molecule has 0 aliphatic heterocycles. The molecular weight excluding hydrogens is 134 g/mol. The Hall–Kier alpha value is -0.300. The number of hydrogen-bond donors (Lipinski definition) is 1. The SMILES string of the molecule is C=CCC(CC(C)C)NCC. The van der Waals surface area contributed by atoms with Gasteiger partial charge in [0.2, 0.25) is 0 Å². The summed E-state index contributed by atoms with van der Waals surface area (Å²) in [6, 6.07) is 0.637. The Labute approximate surface area is 70.9 Å². The third-order valence-electron chi connectivity index (χ3n) is 1.70. The van der Waals surface area contributed by atoms with Crippen molar-refractivity contribution >= 4 is 0 Å². The smallest absolute Gasteiger partial charge is 0.0104 e. The summed E-state index contributed by atoms with van der Waals surface area (Å²) >= 11 is 0. The van der Waals surface area contributed by atoms with Gasteiger partial charge in [0, 0.05) is 6.04 Å². The van der Waals surface area contributed by atoms with E-state index in [1.54, 1.807) is 0 Å².